The molecule has 3 aromatic rings. The number of nitrogens with one attached hydrogen (secondary N) is 1. The summed E-state index contributed by atoms with van der Waals surface area (Å²) in [5, 5.41) is 2.85. The summed E-state index contributed by atoms with van der Waals surface area (Å²) in [7, 11) is 0. The first-order chi connectivity index (χ1) is 14.6. The second-order valence-corrected chi connectivity index (χ2v) is 8.03. The average molecular weight is 405 g/mol. The molecule has 0 spiro atoms. The molecule has 2 aromatic carbocycles. The molecule has 7 heteroatoms. The number of aromatic nitrogens is 1. The van der Waals surface area contributed by atoms with Gasteiger partial charge in [0.15, 0.2) is 5.58 Å². The highest BCUT2D eigenvalue weighted by Crippen LogP contribution is 2.35. The molecule has 1 aliphatic heterocycles. The molecule has 7 nitrogen and oxygen atoms in total. The van der Waals surface area contributed by atoms with E-state index in [0.717, 1.165) is 43.4 Å². The number of oxazole rings is 1. The molecule has 1 aromatic heterocycles. The summed E-state index contributed by atoms with van der Waals surface area (Å²) in [5.41, 5.74) is 3.66. The zero-order chi connectivity index (χ0) is 20.7. The molecule has 0 saturated heterocycles. The van der Waals surface area contributed by atoms with E-state index in [-0.39, 0.29) is 24.3 Å². The SMILES string of the molecule is O=C(Cn1c(=O)oc2ccccc21)Nc1ccc2c(c1)N(C(=O)C1CCCC1)CC2. The van der Waals surface area contributed by atoms with Crippen molar-refractivity contribution < 1.29 is 14.0 Å². The van der Waals surface area contributed by atoms with Crippen LogP contribution in [0.2, 0.25) is 0 Å². The maximum atomic E-state index is 12.9. The smallest absolute Gasteiger partial charge is 0.408 e. The van der Waals surface area contributed by atoms with Gasteiger partial charge in [-0.05, 0) is 49.1 Å². The molecule has 0 bridgehead atoms. The highest BCUT2D eigenvalue weighted by Gasteiger charge is 2.32. The van der Waals surface area contributed by atoms with E-state index < -0.39 is 5.76 Å². The van der Waals surface area contributed by atoms with Crippen molar-refractivity contribution in [1.82, 2.24) is 4.57 Å². The van der Waals surface area contributed by atoms with E-state index in [0.29, 0.717) is 23.3 Å². The topological polar surface area (TPSA) is 84.5 Å². The van der Waals surface area contributed by atoms with Crippen LogP contribution in [-0.2, 0) is 22.6 Å². The van der Waals surface area contributed by atoms with Crippen LogP contribution in [0.5, 0.6) is 0 Å². The van der Waals surface area contributed by atoms with Gasteiger partial charge in [-0.15, -0.1) is 0 Å². The van der Waals surface area contributed by atoms with Crippen LogP contribution in [0.3, 0.4) is 0 Å². The standard InChI is InChI=1S/C23H23N3O4/c27-21(14-26-18-7-3-4-8-20(18)30-23(26)29)24-17-10-9-15-11-12-25(19(15)13-17)22(28)16-5-1-2-6-16/h3-4,7-10,13,16H,1-2,5-6,11-12,14H2,(H,24,27). The summed E-state index contributed by atoms with van der Waals surface area (Å²) in [5.74, 6) is -0.564. The number of hydrogen-bond donors (Lipinski definition) is 1. The second kappa shape index (κ2) is 7.48. The van der Waals surface area contributed by atoms with E-state index in [1.54, 1.807) is 24.3 Å². The Labute approximate surface area is 173 Å². The van der Waals surface area contributed by atoms with Crippen molar-refractivity contribution in [3.8, 4) is 0 Å². The lowest BCUT2D eigenvalue weighted by Gasteiger charge is -2.21. The number of hydrogen-bond acceptors (Lipinski definition) is 4. The van der Waals surface area contributed by atoms with E-state index >= 15 is 0 Å². The summed E-state index contributed by atoms with van der Waals surface area (Å²) in [4.78, 5) is 39.5. The molecule has 2 heterocycles. The van der Waals surface area contributed by atoms with Crippen molar-refractivity contribution in [2.75, 3.05) is 16.8 Å². The molecule has 1 aliphatic carbocycles. The van der Waals surface area contributed by atoms with E-state index in [9.17, 15) is 14.4 Å². The molecule has 154 valence electrons. The Hall–Kier alpha value is -3.35. The number of carbonyl (C=O) groups excluding carboxylic acids is 2. The summed E-state index contributed by atoms with van der Waals surface area (Å²) in [6, 6.07) is 12.7. The Bertz CT molecular complexity index is 1190. The van der Waals surface area contributed by atoms with Crippen LogP contribution in [-0.4, -0.2) is 22.9 Å². The van der Waals surface area contributed by atoms with E-state index in [2.05, 4.69) is 5.32 Å². The largest absolute Gasteiger partial charge is 0.420 e. The Kier molecular flexibility index (Phi) is 4.65. The fourth-order valence-electron chi connectivity index (χ4n) is 4.59. The van der Waals surface area contributed by atoms with Gasteiger partial charge >= 0.3 is 5.76 Å². The van der Waals surface area contributed by atoms with Gasteiger partial charge in [0, 0.05) is 23.8 Å². The van der Waals surface area contributed by atoms with Crippen LogP contribution < -0.4 is 16.0 Å². The van der Waals surface area contributed by atoms with Crippen LogP contribution in [0.15, 0.2) is 51.7 Å². The lowest BCUT2D eigenvalue weighted by Crippen LogP contribution is -2.33. The fourth-order valence-corrected chi connectivity index (χ4v) is 4.59. The van der Waals surface area contributed by atoms with Gasteiger partial charge < -0.3 is 14.6 Å². The summed E-state index contributed by atoms with van der Waals surface area (Å²) >= 11 is 0. The molecular weight excluding hydrogens is 382 g/mol. The third-order valence-electron chi connectivity index (χ3n) is 6.11. The Balaban J connectivity index is 1.34. The van der Waals surface area contributed by atoms with E-state index in [1.807, 2.05) is 23.1 Å². The minimum absolute atomic E-state index is 0.121. The molecule has 0 atom stereocenters. The lowest BCUT2D eigenvalue weighted by atomic mass is 10.1. The van der Waals surface area contributed by atoms with Crippen LogP contribution in [0.1, 0.15) is 31.2 Å². The minimum Gasteiger partial charge on any atom is -0.408 e. The first kappa shape index (κ1) is 18.7. The molecule has 2 aliphatic rings. The molecule has 30 heavy (non-hydrogen) atoms. The summed E-state index contributed by atoms with van der Waals surface area (Å²) in [6.45, 7) is 0.552. The fraction of sp³-hybridized carbons (Fsp3) is 0.348. The first-order valence-corrected chi connectivity index (χ1v) is 10.4. The number of fused-ring (bicyclic) bond motifs is 2. The highest BCUT2D eigenvalue weighted by molar-refractivity contribution is 5.99. The maximum Gasteiger partial charge on any atom is 0.420 e. The average Bonchev–Trinajstić information content (AvgIpc) is 3.47. The third kappa shape index (κ3) is 3.30. The quantitative estimate of drug-likeness (QED) is 0.722. The van der Waals surface area contributed by atoms with Gasteiger partial charge in [-0.1, -0.05) is 31.0 Å². The molecule has 2 amide bonds. The maximum absolute atomic E-state index is 12.9. The van der Waals surface area contributed by atoms with Crippen molar-refractivity contribution in [1.29, 1.82) is 0 Å². The van der Waals surface area contributed by atoms with Gasteiger partial charge in [-0.25, -0.2) is 4.79 Å². The Morgan fingerprint density at radius 1 is 1.10 bits per heavy atom. The van der Waals surface area contributed by atoms with Gasteiger partial charge in [0.2, 0.25) is 11.8 Å². The minimum atomic E-state index is -0.561. The van der Waals surface area contributed by atoms with Crippen molar-refractivity contribution >= 4 is 34.3 Å². The molecule has 0 radical (unpaired) electrons. The van der Waals surface area contributed by atoms with E-state index in [4.69, 9.17) is 4.42 Å². The number of rotatable bonds is 4. The predicted octanol–water partition coefficient (Wildman–Crippen LogP) is 3.31. The van der Waals surface area contributed by atoms with Crippen LogP contribution in [0, 0.1) is 5.92 Å². The Morgan fingerprint density at radius 3 is 2.73 bits per heavy atom. The van der Waals surface area contributed by atoms with Gasteiger partial charge in [-0.3, -0.25) is 14.2 Å². The van der Waals surface area contributed by atoms with Crippen LogP contribution >= 0.6 is 0 Å². The second-order valence-electron chi connectivity index (χ2n) is 8.03. The van der Waals surface area contributed by atoms with Crippen molar-refractivity contribution in [2.24, 2.45) is 5.92 Å². The number of carbonyl (C=O) groups is 2. The molecule has 5 rings (SSSR count). The number of amides is 2. The molecular formula is C23H23N3O4. The lowest BCUT2D eigenvalue weighted by molar-refractivity contribution is -0.122. The zero-order valence-electron chi connectivity index (χ0n) is 16.6. The van der Waals surface area contributed by atoms with Gasteiger partial charge in [0.25, 0.3) is 0 Å². The first-order valence-electron chi connectivity index (χ1n) is 10.4. The van der Waals surface area contributed by atoms with Gasteiger partial charge in [0.1, 0.15) is 6.54 Å². The number of benzene rings is 2. The van der Waals surface area contributed by atoms with Gasteiger partial charge in [0.05, 0.1) is 5.52 Å². The molecule has 1 fully saturated rings. The predicted molar refractivity (Wildman–Crippen MR) is 114 cm³/mol. The molecule has 1 saturated carbocycles. The summed E-state index contributed by atoms with van der Waals surface area (Å²) < 4.78 is 6.50. The van der Waals surface area contributed by atoms with E-state index in [1.165, 1.54) is 4.57 Å². The number of para-hydroxylation sites is 2. The van der Waals surface area contributed by atoms with Gasteiger partial charge in [-0.2, -0.15) is 0 Å². The Morgan fingerprint density at radius 2 is 1.90 bits per heavy atom. The molecule has 0 unspecified atom stereocenters. The van der Waals surface area contributed by atoms with Crippen LogP contribution in [0.4, 0.5) is 11.4 Å². The number of anilines is 2. The van der Waals surface area contributed by atoms with Crippen LogP contribution in [0.25, 0.3) is 11.1 Å². The molecule has 1 N–H and O–H groups in total. The van der Waals surface area contributed by atoms with Crippen molar-refractivity contribution in [3.63, 3.8) is 0 Å². The summed E-state index contributed by atoms with van der Waals surface area (Å²) in [6.07, 6.45) is 5.01. The highest BCUT2D eigenvalue weighted by atomic mass is 16.4. The normalized spacial score (nSPS) is 16.2. The monoisotopic (exact) mass is 405 g/mol. The third-order valence-corrected chi connectivity index (χ3v) is 6.11. The zero-order valence-corrected chi connectivity index (χ0v) is 16.6. The van der Waals surface area contributed by atoms with Crippen molar-refractivity contribution in [3.05, 3.63) is 58.6 Å². The van der Waals surface area contributed by atoms with Crippen molar-refractivity contribution in [2.45, 2.75) is 38.6 Å². The number of nitrogens with zero attached hydrogens (tertiary/aromatic N) is 2.